The Morgan fingerprint density at radius 3 is 2.65 bits per heavy atom. The van der Waals surface area contributed by atoms with Crippen molar-refractivity contribution in [2.24, 2.45) is 11.8 Å². The summed E-state index contributed by atoms with van der Waals surface area (Å²) in [7, 11) is 0. The average Bonchev–Trinajstić information content (AvgIpc) is 3.43. The van der Waals surface area contributed by atoms with Crippen LogP contribution < -0.4 is 10.6 Å². The van der Waals surface area contributed by atoms with Crippen molar-refractivity contribution in [3.05, 3.63) is 35.4 Å². The van der Waals surface area contributed by atoms with Gasteiger partial charge in [0, 0.05) is 31.6 Å². The molecule has 2 fully saturated rings. The molecule has 0 unspecified atom stereocenters. The molecule has 5 nitrogen and oxygen atoms in total. The Hall–Kier alpha value is -2.04. The van der Waals surface area contributed by atoms with Gasteiger partial charge in [-0.2, -0.15) is 0 Å². The SMILES string of the molecule is Cc1cccc([C@@H]2C[C@@H](C(=O)NCC3CC3)CN(C(=O)NC(C)C)C2)c1. The monoisotopic (exact) mass is 357 g/mol. The summed E-state index contributed by atoms with van der Waals surface area (Å²) in [6.07, 6.45) is 3.24. The minimum Gasteiger partial charge on any atom is -0.356 e. The second-order valence-corrected chi connectivity index (χ2v) is 8.24. The number of hydrogen-bond acceptors (Lipinski definition) is 2. The number of aryl methyl sites for hydroxylation is 1. The summed E-state index contributed by atoms with van der Waals surface area (Å²) >= 11 is 0. The van der Waals surface area contributed by atoms with Gasteiger partial charge in [0.25, 0.3) is 0 Å². The number of carbonyl (C=O) groups is 2. The van der Waals surface area contributed by atoms with E-state index in [9.17, 15) is 9.59 Å². The molecule has 3 rings (SSSR count). The minimum absolute atomic E-state index is 0.0719. The maximum Gasteiger partial charge on any atom is 0.317 e. The molecule has 1 saturated heterocycles. The van der Waals surface area contributed by atoms with Gasteiger partial charge in [-0.15, -0.1) is 0 Å². The molecule has 2 aliphatic rings. The van der Waals surface area contributed by atoms with Crippen LogP contribution in [-0.2, 0) is 4.79 Å². The van der Waals surface area contributed by atoms with Crippen LogP contribution in [0.2, 0.25) is 0 Å². The zero-order valence-corrected chi connectivity index (χ0v) is 16.1. The van der Waals surface area contributed by atoms with E-state index in [-0.39, 0.29) is 29.8 Å². The summed E-state index contributed by atoms with van der Waals surface area (Å²) in [5, 5.41) is 6.07. The third-order valence-electron chi connectivity index (χ3n) is 5.30. The van der Waals surface area contributed by atoms with Crippen LogP contribution in [0.3, 0.4) is 0 Å². The third kappa shape index (κ3) is 4.99. The number of hydrogen-bond donors (Lipinski definition) is 2. The predicted octanol–water partition coefficient (Wildman–Crippen LogP) is 3.04. The van der Waals surface area contributed by atoms with E-state index in [2.05, 4.69) is 41.8 Å². The van der Waals surface area contributed by atoms with Crippen LogP contribution in [0.5, 0.6) is 0 Å². The number of likely N-dealkylation sites (tertiary alicyclic amines) is 1. The molecule has 142 valence electrons. The Balaban J connectivity index is 1.73. The fraction of sp³-hybridized carbons (Fsp3) is 0.619. The van der Waals surface area contributed by atoms with E-state index in [0.29, 0.717) is 19.0 Å². The Labute approximate surface area is 156 Å². The fourth-order valence-corrected chi connectivity index (χ4v) is 3.67. The summed E-state index contributed by atoms with van der Waals surface area (Å²) in [5.41, 5.74) is 2.42. The van der Waals surface area contributed by atoms with Gasteiger partial charge in [0.15, 0.2) is 0 Å². The first-order valence-electron chi connectivity index (χ1n) is 9.82. The third-order valence-corrected chi connectivity index (χ3v) is 5.30. The maximum atomic E-state index is 12.7. The number of rotatable bonds is 5. The van der Waals surface area contributed by atoms with Crippen molar-refractivity contribution in [3.8, 4) is 0 Å². The summed E-state index contributed by atoms with van der Waals surface area (Å²) < 4.78 is 0. The van der Waals surface area contributed by atoms with Gasteiger partial charge in [-0.1, -0.05) is 29.8 Å². The molecule has 0 bridgehead atoms. The van der Waals surface area contributed by atoms with Crippen LogP contribution in [0.1, 0.15) is 50.2 Å². The topological polar surface area (TPSA) is 61.4 Å². The number of piperidine rings is 1. The number of nitrogens with zero attached hydrogens (tertiary/aromatic N) is 1. The summed E-state index contributed by atoms with van der Waals surface area (Å²) in [6, 6.07) is 8.44. The first-order valence-corrected chi connectivity index (χ1v) is 9.82. The quantitative estimate of drug-likeness (QED) is 0.851. The van der Waals surface area contributed by atoms with Crippen LogP contribution in [0.15, 0.2) is 24.3 Å². The molecule has 3 amide bonds. The van der Waals surface area contributed by atoms with Gasteiger partial charge in [-0.3, -0.25) is 4.79 Å². The van der Waals surface area contributed by atoms with Crippen LogP contribution >= 0.6 is 0 Å². The van der Waals surface area contributed by atoms with E-state index in [1.807, 2.05) is 18.7 Å². The second kappa shape index (κ2) is 8.11. The lowest BCUT2D eigenvalue weighted by atomic mass is 9.83. The van der Waals surface area contributed by atoms with Crippen LogP contribution in [0.4, 0.5) is 4.79 Å². The zero-order chi connectivity index (χ0) is 18.7. The van der Waals surface area contributed by atoms with Crippen molar-refractivity contribution in [3.63, 3.8) is 0 Å². The average molecular weight is 357 g/mol. The standard InChI is InChI=1S/C21H31N3O2/c1-14(2)23-21(26)24-12-18(17-6-4-5-15(3)9-17)10-19(13-24)20(25)22-11-16-7-8-16/h4-6,9,14,16,18-19H,7-8,10-13H2,1-3H3,(H,22,25)(H,23,26)/t18-,19-/m1/s1. The highest BCUT2D eigenvalue weighted by molar-refractivity contribution is 5.81. The summed E-state index contributed by atoms with van der Waals surface area (Å²) in [6.45, 7) is 7.93. The normalized spacial score (nSPS) is 23.0. The van der Waals surface area contributed by atoms with Gasteiger partial charge in [-0.25, -0.2) is 4.79 Å². The van der Waals surface area contributed by atoms with Gasteiger partial charge in [0.05, 0.1) is 5.92 Å². The number of amides is 3. The molecular formula is C21H31N3O2. The number of nitrogens with one attached hydrogen (secondary N) is 2. The molecule has 1 heterocycles. The molecule has 26 heavy (non-hydrogen) atoms. The lowest BCUT2D eigenvalue weighted by Crippen LogP contribution is -2.52. The van der Waals surface area contributed by atoms with E-state index in [0.717, 1.165) is 13.0 Å². The molecule has 1 aromatic carbocycles. The first-order chi connectivity index (χ1) is 12.4. The predicted molar refractivity (Wildman–Crippen MR) is 103 cm³/mol. The largest absolute Gasteiger partial charge is 0.356 e. The van der Waals surface area contributed by atoms with Crippen molar-refractivity contribution in [2.75, 3.05) is 19.6 Å². The Kier molecular flexibility index (Phi) is 5.84. The summed E-state index contributed by atoms with van der Waals surface area (Å²) in [4.78, 5) is 27.1. The van der Waals surface area contributed by atoms with Crippen LogP contribution in [-0.4, -0.2) is 42.5 Å². The molecular weight excluding hydrogens is 326 g/mol. The minimum atomic E-state index is -0.147. The van der Waals surface area contributed by atoms with Gasteiger partial charge in [0.1, 0.15) is 0 Å². The van der Waals surface area contributed by atoms with Gasteiger partial charge >= 0.3 is 6.03 Å². The molecule has 0 aromatic heterocycles. The lowest BCUT2D eigenvalue weighted by molar-refractivity contribution is -0.126. The van der Waals surface area contributed by atoms with E-state index >= 15 is 0 Å². The molecule has 2 atom stereocenters. The molecule has 5 heteroatoms. The van der Waals surface area contributed by atoms with E-state index in [1.165, 1.54) is 24.0 Å². The van der Waals surface area contributed by atoms with Crippen molar-refractivity contribution in [1.82, 2.24) is 15.5 Å². The zero-order valence-electron chi connectivity index (χ0n) is 16.1. The molecule has 0 radical (unpaired) electrons. The molecule has 1 aromatic rings. The second-order valence-electron chi connectivity index (χ2n) is 8.24. The van der Waals surface area contributed by atoms with Gasteiger partial charge < -0.3 is 15.5 Å². The smallest absolute Gasteiger partial charge is 0.317 e. The number of carbonyl (C=O) groups excluding carboxylic acids is 2. The number of urea groups is 1. The van der Waals surface area contributed by atoms with E-state index < -0.39 is 0 Å². The number of benzene rings is 1. The Morgan fingerprint density at radius 2 is 2.00 bits per heavy atom. The van der Waals surface area contributed by atoms with Gasteiger partial charge in [0.2, 0.25) is 5.91 Å². The van der Waals surface area contributed by atoms with Gasteiger partial charge in [-0.05, 0) is 51.5 Å². The molecule has 1 aliphatic heterocycles. The molecule has 0 spiro atoms. The Bertz CT molecular complexity index is 654. The Morgan fingerprint density at radius 1 is 1.23 bits per heavy atom. The van der Waals surface area contributed by atoms with Crippen molar-refractivity contribution in [2.45, 2.75) is 52.0 Å². The highest BCUT2D eigenvalue weighted by atomic mass is 16.2. The summed E-state index contributed by atoms with van der Waals surface area (Å²) in [5.74, 6) is 0.802. The first kappa shape index (κ1) is 18.7. The van der Waals surface area contributed by atoms with Crippen molar-refractivity contribution >= 4 is 11.9 Å². The lowest BCUT2D eigenvalue weighted by Gasteiger charge is -2.38. The molecule has 1 saturated carbocycles. The van der Waals surface area contributed by atoms with Crippen molar-refractivity contribution in [1.29, 1.82) is 0 Å². The highest BCUT2D eigenvalue weighted by Gasteiger charge is 2.35. The fourth-order valence-electron chi connectivity index (χ4n) is 3.67. The highest BCUT2D eigenvalue weighted by Crippen LogP contribution is 2.32. The van der Waals surface area contributed by atoms with Crippen molar-refractivity contribution < 1.29 is 9.59 Å². The molecule has 2 N–H and O–H groups in total. The van der Waals surface area contributed by atoms with E-state index in [1.54, 1.807) is 0 Å². The van der Waals surface area contributed by atoms with E-state index in [4.69, 9.17) is 0 Å². The maximum absolute atomic E-state index is 12.7. The molecule has 1 aliphatic carbocycles. The van der Waals surface area contributed by atoms with Crippen LogP contribution in [0.25, 0.3) is 0 Å². The van der Waals surface area contributed by atoms with Crippen LogP contribution in [0, 0.1) is 18.8 Å².